The minimum atomic E-state index is 0.116. The van der Waals surface area contributed by atoms with Gasteiger partial charge in [0.15, 0.2) is 0 Å². The van der Waals surface area contributed by atoms with Crippen molar-refractivity contribution in [3.63, 3.8) is 0 Å². The first-order valence-corrected chi connectivity index (χ1v) is 4.68. The van der Waals surface area contributed by atoms with Crippen LogP contribution >= 0.6 is 11.6 Å². The molecule has 0 nitrogen and oxygen atoms in total. The Balaban J connectivity index is 3.28. The molecule has 0 radical (unpaired) electrons. The number of rotatable bonds is 1. The van der Waals surface area contributed by atoms with Crippen molar-refractivity contribution in [2.45, 2.75) is 33.1 Å². The molecule has 0 heterocycles. The maximum Gasteiger partial charge on any atom is 0.0562 e. The molecule has 1 atom stereocenters. The van der Waals surface area contributed by atoms with Crippen molar-refractivity contribution < 1.29 is 0 Å². The largest absolute Gasteiger partial charge is 0.118 e. The molecule has 1 aromatic rings. The molecule has 1 rings (SSSR count). The molecule has 0 amide bonds. The maximum absolute atomic E-state index is 6.07. The van der Waals surface area contributed by atoms with Crippen molar-refractivity contribution in [2.75, 3.05) is 0 Å². The lowest BCUT2D eigenvalue weighted by atomic mass is 9.98. The van der Waals surface area contributed by atoms with Crippen LogP contribution in [0.25, 0.3) is 0 Å². The van der Waals surface area contributed by atoms with Gasteiger partial charge in [-0.25, -0.2) is 0 Å². The highest BCUT2D eigenvalue weighted by Crippen LogP contribution is 2.27. The zero-order chi connectivity index (χ0) is 9.30. The second-order valence-electron chi connectivity index (χ2n) is 3.43. The highest BCUT2D eigenvalue weighted by Gasteiger charge is 2.08. The van der Waals surface area contributed by atoms with Crippen molar-refractivity contribution in [1.29, 1.82) is 0 Å². The third kappa shape index (κ3) is 1.81. The zero-order valence-corrected chi connectivity index (χ0v) is 8.87. The number of halogens is 1. The number of aryl methyl sites for hydroxylation is 3. The van der Waals surface area contributed by atoms with E-state index in [4.69, 9.17) is 11.6 Å². The van der Waals surface area contributed by atoms with E-state index in [-0.39, 0.29) is 5.38 Å². The Labute approximate surface area is 79.6 Å². The topological polar surface area (TPSA) is 0 Å². The average molecular weight is 183 g/mol. The SMILES string of the molecule is Cc1cc(C)c([C@@H](C)Cl)c(C)c1. The van der Waals surface area contributed by atoms with Crippen molar-refractivity contribution >= 4 is 11.6 Å². The Morgan fingerprint density at radius 3 is 1.83 bits per heavy atom. The summed E-state index contributed by atoms with van der Waals surface area (Å²) in [5, 5.41) is 0.116. The first kappa shape index (κ1) is 9.60. The molecule has 0 fully saturated rings. The molecule has 0 bridgehead atoms. The van der Waals surface area contributed by atoms with Crippen molar-refractivity contribution in [3.8, 4) is 0 Å². The third-order valence-corrected chi connectivity index (χ3v) is 2.35. The molecule has 0 aliphatic heterocycles. The molecule has 0 spiro atoms. The predicted octanol–water partition coefficient (Wildman–Crippen LogP) is 3.91. The molecule has 66 valence electrons. The van der Waals surface area contributed by atoms with Gasteiger partial charge in [0.2, 0.25) is 0 Å². The van der Waals surface area contributed by atoms with Crippen LogP contribution < -0.4 is 0 Å². The Morgan fingerprint density at radius 1 is 1.08 bits per heavy atom. The van der Waals surface area contributed by atoms with Crippen molar-refractivity contribution in [1.82, 2.24) is 0 Å². The summed E-state index contributed by atoms with van der Waals surface area (Å²) < 4.78 is 0. The first-order valence-electron chi connectivity index (χ1n) is 4.24. The molecular weight excluding hydrogens is 168 g/mol. The van der Waals surface area contributed by atoms with Crippen LogP contribution in [-0.4, -0.2) is 0 Å². The van der Waals surface area contributed by atoms with Gasteiger partial charge in [-0.2, -0.15) is 0 Å². The van der Waals surface area contributed by atoms with Gasteiger partial charge in [-0.1, -0.05) is 17.7 Å². The van der Waals surface area contributed by atoms with Crippen LogP contribution in [-0.2, 0) is 0 Å². The number of alkyl halides is 1. The van der Waals surface area contributed by atoms with Crippen LogP contribution in [0, 0.1) is 20.8 Å². The predicted molar refractivity (Wildman–Crippen MR) is 54.9 cm³/mol. The van der Waals surface area contributed by atoms with Gasteiger partial charge in [0, 0.05) is 0 Å². The van der Waals surface area contributed by atoms with Crippen molar-refractivity contribution in [3.05, 3.63) is 34.4 Å². The van der Waals surface area contributed by atoms with E-state index in [1.807, 2.05) is 6.92 Å². The Kier molecular flexibility index (Phi) is 2.79. The summed E-state index contributed by atoms with van der Waals surface area (Å²) in [6.07, 6.45) is 0. The normalized spacial score (nSPS) is 13.1. The van der Waals surface area contributed by atoms with Gasteiger partial charge >= 0.3 is 0 Å². The lowest BCUT2D eigenvalue weighted by molar-refractivity contribution is 1.03. The highest BCUT2D eigenvalue weighted by molar-refractivity contribution is 6.20. The van der Waals surface area contributed by atoms with Crippen molar-refractivity contribution in [2.24, 2.45) is 0 Å². The summed E-state index contributed by atoms with van der Waals surface area (Å²) in [5.74, 6) is 0. The highest BCUT2D eigenvalue weighted by atomic mass is 35.5. The van der Waals surface area contributed by atoms with Crippen LogP contribution in [0.3, 0.4) is 0 Å². The lowest BCUT2D eigenvalue weighted by Gasteiger charge is -2.12. The van der Waals surface area contributed by atoms with Gasteiger partial charge < -0.3 is 0 Å². The summed E-state index contributed by atoms with van der Waals surface area (Å²) in [6, 6.07) is 4.36. The molecule has 0 aliphatic carbocycles. The van der Waals surface area contributed by atoms with E-state index in [9.17, 15) is 0 Å². The van der Waals surface area contributed by atoms with Crippen LogP contribution in [0.4, 0.5) is 0 Å². The van der Waals surface area contributed by atoms with Crippen LogP contribution in [0.2, 0.25) is 0 Å². The van der Waals surface area contributed by atoms with Gasteiger partial charge in [-0.3, -0.25) is 0 Å². The van der Waals surface area contributed by atoms with E-state index in [1.54, 1.807) is 0 Å². The number of hydrogen-bond acceptors (Lipinski definition) is 0. The van der Waals surface area contributed by atoms with E-state index in [0.29, 0.717) is 0 Å². The Bertz CT molecular complexity index is 264. The molecule has 1 heteroatoms. The molecule has 12 heavy (non-hydrogen) atoms. The van der Waals surface area contributed by atoms with Gasteiger partial charge in [0.25, 0.3) is 0 Å². The van der Waals surface area contributed by atoms with Crippen LogP contribution in [0.15, 0.2) is 12.1 Å². The zero-order valence-electron chi connectivity index (χ0n) is 8.11. The Hall–Kier alpha value is -0.490. The molecule has 0 unspecified atom stereocenters. The standard InChI is InChI=1S/C11H15Cl/c1-7-5-8(2)11(10(4)12)9(3)6-7/h5-6,10H,1-4H3/t10-/m1/s1. The second kappa shape index (κ2) is 3.49. The van der Waals surface area contributed by atoms with E-state index in [1.165, 1.54) is 22.3 Å². The summed E-state index contributed by atoms with van der Waals surface area (Å²) in [6.45, 7) is 8.37. The third-order valence-electron chi connectivity index (χ3n) is 2.14. The molecular formula is C11H15Cl. The fraction of sp³-hybridized carbons (Fsp3) is 0.455. The molecule has 0 saturated heterocycles. The number of hydrogen-bond donors (Lipinski definition) is 0. The van der Waals surface area contributed by atoms with Gasteiger partial charge in [0.05, 0.1) is 5.38 Å². The van der Waals surface area contributed by atoms with Gasteiger partial charge in [-0.05, 0) is 44.4 Å². The number of benzene rings is 1. The second-order valence-corrected chi connectivity index (χ2v) is 4.08. The van der Waals surface area contributed by atoms with Gasteiger partial charge in [0.1, 0.15) is 0 Å². The molecule has 0 aliphatic rings. The van der Waals surface area contributed by atoms with E-state index >= 15 is 0 Å². The summed E-state index contributed by atoms with van der Waals surface area (Å²) in [5.41, 5.74) is 5.19. The average Bonchev–Trinajstić information content (AvgIpc) is 1.82. The van der Waals surface area contributed by atoms with Crippen LogP contribution in [0.1, 0.15) is 34.6 Å². The van der Waals surface area contributed by atoms with E-state index in [2.05, 4.69) is 32.9 Å². The monoisotopic (exact) mass is 182 g/mol. The minimum Gasteiger partial charge on any atom is -0.118 e. The van der Waals surface area contributed by atoms with E-state index < -0.39 is 0 Å². The Morgan fingerprint density at radius 2 is 1.50 bits per heavy atom. The van der Waals surface area contributed by atoms with E-state index in [0.717, 1.165) is 0 Å². The smallest absolute Gasteiger partial charge is 0.0562 e. The van der Waals surface area contributed by atoms with Crippen LogP contribution in [0.5, 0.6) is 0 Å². The van der Waals surface area contributed by atoms with Gasteiger partial charge in [-0.15, -0.1) is 11.6 Å². The maximum atomic E-state index is 6.07. The summed E-state index contributed by atoms with van der Waals surface area (Å²) in [7, 11) is 0. The quantitative estimate of drug-likeness (QED) is 0.578. The lowest BCUT2D eigenvalue weighted by Crippen LogP contribution is -1.94. The first-order chi connectivity index (χ1) is 5.52. The summed E-state index contributed by atoms with van der Waals surface area (Å²) in [4.78, 5) is 0. The fourth-order valence-corrected chi connectivity index (χ4v) is 2.16. The molecule has 0 aromatic heterocycles. The minimum absolute atomic E-state index is 0.116. The summed E-state index contributed by atoms with van der Waals surface area (Å²) >= 11 is 6.07. The fourth-order valence-electron chi connectivity index (χ4n) is 1.82. The molecule has 1 aromatic carbocycles. The molecule has 0 saturated carbocycles. The molecule has 0 N–H and O–H groups in total.